The Hall–Kier alpha value is -2.11. The lowest BCUT2D eigenvalue weighted by molar-refractivity contribution is -0.104. The molecule has 0 fully saturated rings. The van der Waals surface area contributed by atoms with Crippen molar-refractivity contribution in [3.8, 4) is 11.5 Å². The van der Waals surface area contributed by atoms with Crippen LogP contribution in [-0.4, -0.2) is 31.6 Å². The number of hydrogen-bond donors (Lipinski definition) is 0. The summed E-state index contributed by atoms with van der Waals surface area (Å²) in [5.74, 6) is -0.209. The average Bonchev–Trinajstić information content (AvgIpc) is 2.76. The van der Waals surface area contributed by atoms with Gasteiger partial charge in [0.25, 0.3) is 0 Å². The molecule has 0 saturated heterocycles. The number of nitrogens with zero attached hydrogens (tertiary/aromatic N) is 4. The normalized spacial score (nSPS) is 10.6. The molecule has 2 aliphatic rings. The minimum Gasteiger partial charge on any atom is -0.327 e. The fraction of sp³-hybridized carbons (Fsp3) is 0.300. The number of hydrogen-bond acceptors (Lipinski definition) is 5. The van der Waals surface area contributed by atoms with Gasteiger partial charge in [0.1, 0.15) is 17.7 Å². The molecule has 2 aliphatic heterocycles. The molecule has 0 spiro atoms. The molecule has 0 N–H and O–H groups in total. The summed E-state index contributed by atoms with van der Waals surface area (Å²) in [4.78, 5) is 34.0. The third-order valence-corrected chi connectivity index (χ3v) is 2.21. The van der Waals surface area contributed by atoms with Crippen molar-refractivity contribution in [3.63, 3.8) is 0 Å². The predicted molar refractivity (Wildman–Crippen MR) is 55.1 cm³/mol. The van der Waals surface area contributed by atoms with Crippen LogP contribution in [0.1, 0.15) is 23.8 Å². The Kier molecular flexibility index (Phi) is 2.72. The van der Waals surface area contributed by atoms with E-state index in [2.05, 4.69) is 15.0 Å². The van der Waals surface area contributed by atoms with Crippen molar-refractivity contribution in [1.82, 2.24) is 19.5 Å². The van der Waals surface area contributed by atoms with E-state index in [0.717, 1.165) is 6.42 Å². The maximum absolute atomic E-state index is 11.5. The zero-order chi connectivity index (χ0) is 11.5. The Labute approximate surface area is 91.7 Å². The Balaban J connectivity index is 2.64. The van der Waals surface area contributed by atoms with Crippen molar-refractivity contribution in [3.05, 3.63) is 18.3 Å². The highest BCUT2D eigenvalue weighted by Gasteiger charge is 2.21. The summed E-state index contributed by atoms with van der Waals surface area (Å²) in [6.07, 6.45) is 3.97. The highest BCUT2D eigenvalue weighted by atomic mass is 16.2. The van der Waals surface area contributed by atoms with E-state index in [-0.39, 0.29) is 12.0 Å². The summed E-state index contributed by atoms with van der Waals surface area (Å²) in [6, 6.07) is 0. The molecule has 2 heterocycles. The minimum absolute atomic E-state index is 0.263. The van der Waals surface area contributed by atoms with E-state index in [1.165, 1.54) is 12.7 Å². The summed E-state index contributed by atoms with van der Waals surface area (Å²) in [7, 11) is 0. The fourth-order valence-electron chi connectivity index (χ4n) is 1.56. The van der Waals surface area contributed by atoms with E-state index in [9.17, 15) is 9.59 Å². The minimum atomic E-state index is -0.596. The Morgan fingerprint density at radius 3 is 2.94 bits per heavy atom. The zero-order valence-corrected chi connectivity index (χ0v) is 8.75. The van der Waals surface area contributed by atoms with Gasteiger partial charge in [-0.25, -0.2) is 15.0 Å². The molecule has 0 aliphatic carbocycles. The summed E-state index contributed by atoms with van der Waals surface area (Å²) < 4.78 is 1.63. The van der Waals surface area contributed by atoms with Crippen LogP contribution in [0, 0.1) is 0 Å². The second-order valence-corrected chi connectivity index (χ2v) is 3.31. The summed E-state index contributed by atoms with van der Waals surface area (Å²) in [5.41, 5.74) is 0.646. The molecule has 0 aromatic rings. The van der Waals surface area contributed by atoms with Crippen LogP contribution in [0.25, 0.3) is 11.5 Å². The van der Waals surface area contributed by atoms with E-state index in [4.69, 9.17) is 0 Å². The van der Waals surface area contributed by atoms with Crippen molar-refractivity contribution in [1.29, 1.82) is 0 Å². The molecular weight excluding hydrogens is 208 g/mol. The molecule has 6 heteroatoms. The number of carbonyl (C=O) groups excluding carboxylic acids is 2. The third-order valence-electron chi connectivity index (χ3n) is 2.21. The van der Waals surface area contributed by atoms with Gasteiger partial charge in [-0.05, 0) is 6.42 Å². The smallest absolute Gasteiger partial charge is 0.244 e. The van der Waals surface area contributed by atoms with Gasteiger partial charge >= 0.3 is 0 Å². The van der Waals surface area contributed by atoms with Gasteiger partial charge in [0.2, 0.25) is 5.78 Å². The van der Waals surface area contributed by atoms with E-state index in [0.29, 0.717) is 18.1 Å². The van der Waals surface area contributed by atoms with Crippen molar-refractivity contribution in [2.75, 3.05) is 0 Å². The van der Waals surface area contributed by atoms with Gasteiger partial charge in [0.05, 0.1) is 6.33 Å². The molecule has 2 rings (SSSR count). The number of aryl methyl sites for hydroxylation is 1. The lowest BCUT2D eigenvalue weighted by atomic mass is 10.2. The van der Waals surface area contributed by atoms with Crippen molar-refractivity contribution >= 4 is 12.1 Å². The van der Waals surface area contributed by atoms with E-state index < -0.39 is 5.78 Å². The van der Waals surface area contributed by atoms with Gasteiger partial charge < -0.3 is 4.57 Å². The maximum atomic E-state index is 11.5. The lowest BCUT2D eigenvalue weighted by Gasteiger charge is -2.11. The van der Waals surface area contributed by atoms with Gasteiger partial charge in [0.15, 0.2) is 12.1 Å². The first-order valence-electron chi connectivity index (χ1n) is 4.93. The first-order valence-corrected chi connectivity index (χ1v) is 4.93. The monoisotopic (exact) mass is 218 g/mol. The van der Waals surface area contributed by atoms with Crippen LogP contribution in [0.2, 0.25) is 0 Å². The lowest BCUT2D eigenvalue weighted by Crippen LogP contribution is -2.16. The highest BCUT2D eigenvalue weighted by molar-refractivity contribution is 6.34. The number of imidazole rings is 1. The SMILES string of the molecule is CCCn1cnc2ncnc-2c1C(=O)C=O. The van der Waals surface area contributed by atoms with Crippen LogP contribution in [0.15, 0.2) is 12.7 Å². The third kappa shape index (κ3) is 1.58. The van der Waals surface area contributed by atoms with E-state index in [1.807, 2.05) is 6.92 Å². The molecule has 0 aromatic carbocycles. The van der Waals surface area contributed by atoms with Crippen LogP contribution in [-0.2, 0) is 11.3 Å². The zero-order valence-electron chi connectivity index (χ0n) is 8.75. The van der Waals surface area contributed by atoms with Crippen LogP contribution in [0.4, 0.5) is 0 Å². The number of carbonyl (C=O) groups is 2. The van der Waals surface area contributed by atoms with Gasteiger partial charge in [-0.15, -0.1) is 0 Å². The number of ketones is 1. The number of aldehydes is 1. The predicted octanol–water partition coefficient (Wildman–Crippen LogP) is 0.569. The van der Waals surface area contributed by atoms with Gasteiger partial charge in [-0.2, -0.15) is 0 Å². The first-order chi connectivity index (χ1) is 7.77. The second kappa shape index (κ2) is 4.18. The molecular formula is C10H10N4O2. The molecule has 0 unspecified atom stereocenters. The standard InChI is InChI=1S/C10H10N4O2/c1-2-3-14-6-13-10-8(11-5-12-10)9(14)7(16)4-15/h4-6H,2-3H2,1H3. The largest absolute Gasteiger partial charge is 0.327 e. The topological polar surface area (TPSA) is 77.7 Å². The number of rotatable bonds is 4. The molecule has 0 amide bonds. The van der Waals surface area contributed by atoms with E-state index in [1.54, 1.807) is 4.57 Å². The van der Waals surface area contributed by atoms with E-state index >= 15 is 0 Å². The van der Waals surface area contributed by atoms with Crippen molar-refractivity contribution in [2.24, 2.45) is 0 Å². The second-order valence-electron chi connectivity index (χ2n) is 3.31. The fourth-order valence-corrected chi connectivity index (χ4v) is 1.56. The number of Topliss-reactive ketones (excluding diaryl/α,β-unsaturated/α-hetero) is 1. The van der Waals surface area contributed by atoms with Gasteiger partial charge in [0, 0.05) is 6.54 Å². The Bertz CT molecular complexity index is 506. The van der Waals surface area contributed by atoms with Crippen molar-refractivity contribution in [2.45, 2.75) is 19.9 Å². The summed E-state index contributed by atoms with van der Waals surface area (Å²) in [5, 5.41) is 0. The Morgan fingerprint density at radius 2 is 2.25 bits per heavy atom. The van der Waals surface area contributed by atoms with Gasteiger partial charge in [-0.3, -0.25) is 9.59 Å². The number of fused-ring (bicyclic) bond motifs is 1. The molecule has 0 bridgehead atoms. The molecule has 16 heavy (non-hydrogen) atoms. The van der Waals surface area contributed by atoms with Crippen molar-refractivity contribution < 1.29 is 9.59 Å². The molecule has 0 aromatic heterocycles. The quantitative estimate of drug-likeness (QED) is 0.426. The summed E-state index contributed by atoms with van der Waals surface area (Å²) in [6.45, 7) is 2.59. The Morgan fingerprint density at radius 1 is 1.44 bits per heavy atom. The molecule has 0 saturated carbocycles. The highest BCUT2D eigenvalue weighted by Crippen LogP contribution is 2.19. The molecule has 0 radical (unpaired) electrons. The average molecular weight is 218 g/mol. The van der Waals surface area contributed by atoms with Crippen LogP contribution in [0.5, 0.6) is 0 Å². The van der Waals surface area contributed by atoms with Crippen LogP contribution in [0.3, 0.4) is 0 Å². The molecule has 0 atom stereocenters. The molecule has 6 nitrogen and oxygen atoms in total. The number of aromatic nitrogens is 4. The van der Waals surface area contributed by atoms with Gasteiger partial charge in [-0.1, -0.05) is 6.92 Å². The molecule has 82 valence electrons. The van der Waals surface area contributed by atoms with Crippen LogP contribution < -0.4 is 0 Å². The maximum Gasteiger partial charge on any atom is 0.244 e. The summed E-state index contributed by atoms with van der Waals surface area (Å²) >= 11 is 0. The first kappa shape index (κ1) is 10.4. The van der Waals surface area contributed by atoms with Crippen LogP contribution >= 0.6 is 0 Å².